The van der Waals surface area contributed by atoms with Gasteiger partial charge in [0.25, 0.3) is 0 Å². The van der Waals surface area contributed by atoms with Crippen molar-refractivity contribution in [3.05, 3.63) is 0 Å². The van der Waals surface area contributed by atoms with Crippen LogP contribution in [0.5, 0.6) is 0 Å². The number of ether oxygens (including phenoxy) is 4. The maximum absolute atomic E-state index is 13.0. The molecule has 0 aliphatic heterocycles. The second-order valence-electron chi connectivity index (χ2n) is 26.0. The highest BCUT2D eigenvalue weighted by molar-refractivity contribution is 7.47. The van der Waals surface area contributed by atoms with Crippen molar-refractivity contribution < 1.29 is 80.2 Å². The highest BCUT2D eigenvalue weighted by Gasteiger charge is 2.30. The number of esters is 4. The number of carbonyl (C=O) groups is 4. The van der Waals surface area contributed by atoms with Gasteiger partial charge >= 0.3 is 39.5 Å². The molecule has 0 amide bonds. The van der Waals surface area contributed by atoms with Crippen LogP contribution in [0.25, 0.3) is 0 Å². The number of phosphoric ester groups is 2. The van der Waals surface area contributed by atoms with E-state index in [4.69, 9.17) is 37.0 Å². The maximum Gasteiger partial charge on any atom is 0.472 e. The van der Waals surface area contributed by atoms with Gasteiger partial charge in [-0.1, -0.05) is 305 Å². The van der Waals surface area contributed by atoms with Gasteiger partial charge in [-0.25, -0.2) is 9.13 Å². The first-order valence-electron chi connectivity index (χ1n) is 36.5. The zero-order chi connectivity index (χ0) is 65.7. The molecule has 0 aliphatic carbocycles. The van der Waals surface area contributed by atoms with E-state index in [1.807, 2.05) is 0 Å². The summed E-state index contributed by atoms with van der Waals surface area (Å²) in [5.74, 6) is -0.561. The van der Waals surface area contributed by atoms with Crippen molar-refractivity contribution in [3.8, 4) is 0 Å². The second kappa shape index (κ2) is 62.2. The van der Waals surface area contributed by atoms with Crippen molar-refractivity contribution in [1.29, 1.82) is 0 Å². The van der Waals surface area contributed by atoms with Crippen molar-refractivity contribution in [1.82, 2.24) is 0 Å². The third-order valence-corrected chi connectivity index (χ3v) is 18.5. The van der Waals surface area contributed by atoms with Gasteiger partial charge in [0, 0.05) is 25.7 Å². The number of hydrogen-bond donors (Lipinski definition) is 3. The van der Waals surface area contributed by atoms with E-state index in [0.29, 0.717) is 25.7 Å². The topological polar surface area (TPSA) is 237 Å². The smallest absolute Gasteiger partial charge is 0.462 e. The summed E-state index contributed by atoms with van der Waals surface area (Å²) < 4.78 is 68.3. The SMILES string of the molecule is CCCCCCCCCCCCCCC(=O)O[C@H](COC(=O)CCCCCCCCCCCC)COP(=O)(O)OC[C@H](O)COP(=O)(O)OC[C@@H](COC(=O)CCCCCCCCCCCCC(C)C)OC(=O)CCCCCCCCCCCCC(C)CC. The Kier molecular flexibility index (Phi) is 60.8. The van der Waals surface area contributed by atoms with Gasteiger partial charge in [0.2, 0.25) is 0 Å². The summed E-state index contributed by atoms with van der Waals surface area (Å²) in [4.78, 5) is 72.5. The van der Waals surface area contributed by atoms with Gasteiger partial charge in [0.05, 0.1) is 26.4 Å². The van der Waals surface area contributed by atoms with Crippen molar-refractivity contribution in [2.24, 2.45) is 11.8 Å². The standard InChI is InChI=1S/C70H136O17P2/c1-7-10-12-14-16-18-20-21-30-36-42-48-54-69(74)86-65(58-80-67(72)52-46-40-34-28-19-17-15-13-11-8-2)60-84-88(76,77)82-56-64(71)57-83-89(78,79)85-61-66(59-81-68(73)53-47-41-35-29-24-22-26-32-38-44-50-62(4)5)87-70(75)55-49-43-37-31-25-23-27-33-39-45-51-63(6)9-3/h62-66,71H,7-61H2,1-6H3,(H,76,77)(H,78,79)/t63?,64-,65+,66+/m0/s1. The summed E-state index contributed by atoms with van der Waals surface area (Å²) in [5, 5.41) is 10.6. The Morgan fingerprint density at radius 2 is 0.573 bits per heavy atom. The van der Waals surface area contributed by atoms with Crippen LogP contribution in [-0.2, 0) is 65.4 Å². The number of aliphatic hydroxyl groups excluding tert-OH is 1. The average molecular weight is 1310 g/mol. The Morgan fingerprint density at radius 1 is 0.326 bits per heavy atom. The second-order valence-corrected chi connectivity index (χ2v) is 28.9. The molecule has 0 rings (SSSR count). The van der Waals surface area contributed by atoms with Crippen LogP contribution in [-0.4, -0.2) is 96.7 Å². The number of phosphoric acid groups is 2. The number of rotatable bonds is 69. The van der Waals surface area contributed by atoms with E-state index in [0.717, 1.165) is 102 Å². The van der Waals surface area contributed by atoms with Crippen LogP contribution < -0.4 is 0 Å². The largest absolute Gasteiger partial charge is 0.472 e. The summed E-state index contributed by atoms with van der Waals surface area (Å²) in [7, 11) is -9.90. The minimum absolute atomic E-state index is 0.106. The van der Waals surface area contributed by atoms with Crippen LogP contribution in [0.2, 0.25) is 0 Å². The first-order chi connectivity index (χ1) is 42.9. The molecule has 6 atom stereocenters. The number of carbonyl (C=O) groups excluding carboxylic acids is 4. The Hall–Kier alpha value is -1.94. The molecule has 3 N–H and O–H groups in total. The van der Waals surface area contributed by atoms with Crippen LogP contribution >= 0.6 is 15.6 Å². The van der Waals surface area contributed by atoms with Crippen molar-refractivity contribution in [2.75, 3.05) is 39.6 Å². The molecule has 0 fully saturated rings. The van der Waals surface area contributed by atoms with Gasteiger partial charge in [-0.05, 0) is 37.5 Å². The van der Waals surface area contributed by atoms with E-state index in [9.17, 15) is 43.2 Å². The number of hydrogen-bond acceptors (Lipinski definition) is 15. The van der Waals surface area contributed by atoms with E-state index in [-0.39, 0.29) is 25.7 Å². The maximum atomic E-state index is 13.0. The van der Waals surface area contributed by atoms with Crippen LogP contribution in [0.1, 0.15) is 356 Å². The van der Waals surface area contributed by atoms with Gasteiger partial charge in [0.15, 0.2) is 12.2 Å². The molecule has 0 radical (unpaired) electrons. The lowest BCUT2D eigenvalue weighted by Crippen LogP contribution is -2.30. The lowest BCUT2D eigenvalue weighted by Gasteiger charge is -2.21. The van der Waals surface area contributed by atoms with E-state index in [1.165, 1.54) is 173 Å². The lowest BCUT2D eigenvalue weighted by atomic mass is 9.99. The molecule has 0 heterocycles. The molecule has 0 aliphatic rings. The highest BCUT2D eigenvalue weighted by atomic mass is 31.2. The predicted molar refractivity (Wildman–Crippen MR) is 358 cm³/mol. The first-order valence-corrected chi connectivity index (χ1v) is 39.5. The monoisotopic (exact) mass is 1310 g/mol. The lowest BCUT2D eigenvalue weighted by molar-refractivity contribution is -0.161. The molecule has 0 saturated carbocycles. The van der Waals surface area contributed by atoms with E-state index >= 15 is 0 Å². The van der Waals surface area contributed by atoms with Gasteiger partial charge in [-0.2, -0.15) is 0 Å². The van der Waals surface area contributed by atoms with Crippen molar-refractivity contribution in [3.63, 3.8) is 0 Å². The summed E-state index contributed by atoms with van der Waals surface area (Å²) in [6.45, 7) is 9.56. The quantitative estimate of drug-likeness (QED) is 0.0222. The summed E-state index contributed by atoms with van der Waals surface area (Å²) in [6.07, 6.45) is 46.9. The normalized spacial score (nSPS) is 14.4. The fraction of sp³-hybridized carbons (Fsp3) is 0.943. The van der Waals surface area contributed by atoms with Gasteiger partial charge < -0.3 is 33.8 Å². The number of unbranched alkanes of at least 4 members (excludes halogenated alkanes) is 38. The minimum Gasteiger partial charge on any atom is -0.462 e. The molecular formula is C70H136O17P2. The molecule has 89 heavy (non-hydrogen) atoms. The zero-order valence-corrected chi connectivity index (χ0v) is 59.5. The van der Waals surface area contributed by atoms with Crippen LogP contribution in [0, 0.1) is 11.8 Å². The van der Waals surface area contributed by atoms with Gasteiger partial charge in [-0.15, -0.1) is 0 Å². The van der Waals surface area contributed by atoms with Crippen LogP contribution in [0.3, 0.4) is 0 Å². The Morgan fingerprint density at radius 3 is 0.854 bits per heavy atom. The summed E-state index contributed by atoms with van der Waals surface area (Å²) in [6, 6.07) is 0. The van der Waals surface area contributed by atoms with Gasteiger partial charge in [0.1, 0.15) is 19.3 Å². The molecule has 0 aromatic heterocycles. The van der Waals surface area contributed by atoms with E-state index in [2.05, 4.69) is 41.5 Å². The molecule has 528 valence electrons. The van der Waals surface area contributed by atoms with Gasteiger partial charge in [-0.3, -0.25) is 37.3 Å². The predicted octanol–water partition coefficient (Wildman–Crippen LogP) is 20.0. The Bertz CT molecular complexity index is 1740. The zero-order valence-electron chi connectivity index (χ0n) is 57.7. The van der Waals surface area contributed by atoms with Crippen molar-refractivity contribution >= 4 is 39.5 Å². The molecule has 0 saturated heterocycles. The Labute approximate surface area is 543 Å². The summed E-state index contributed by atoms with van der Waals surface area (Å²) >= 11 is 0. The fourth-order valence-electron chi connectivity index (χ4n) is 10.6. The van der Waals surface area contributed by atoms with Crippen molar-refractivity contribution in [2.45, 2.75) is 374 Å². The molecule has 3 unspecified atom stereocenters. The average Bonchev–Trinajstić information content (AvgIpc) is 3.66. The molecular weight excluding hydrogens is 1170 g/mol. The number of aliphatic hydroxyl groups is 1. The molecule has 0 aromatic carbocycles. The molecule has 0 aromatic rings. The third-order valence-electron chi connectivity index (χ3n) is 16.6. The molecule has 0 bridgehead atoms. The molecule has 19 heteroatoms. The summed E-state index contributed by atoms with van der Waals surface area (Å²) in [5.41, 5.74) is 0. The van der Waals surface area contributed by atoms with E-state index < -0.39 is 97.5 Å². The fourth-order valence-corrected chi connectivity index (χ4v) is 12.1. The van der Waals surface area contributed by atoms with E-state index in [1.54, 1.807) is 0 Å². The minimum atomic E-state index is -4.95. The molecule has 0 spiro atoms. The van der Waals surface area contributed by atoms with Crippen LogP contribution in [0.4, 0.5) is 0 Å². The Balaban J connectivity index is 5.26. The van der Waals surface area contributed by atoms with Crippen LogP contribution in [0.15, 0.2) is 0 Å². The first kappa shape index (κ1) is 87.1. The third kappa shape index (κ3) is 63.2. The highest BCUT2D eigenvalue weighted by Crippen LogP contribution is 2.45. The molecule has 17 nitrogen and oxygen atoms in total.